The molecule has 2 heterocycles. The van der Waals surface area contributed by atoms with Gasteiger partial charge in [0.2, 0.25) is 5.95 Å². The lowest BCUT2D eigenvalue weighted by atomic mass is 10.2. The molecule has 1 aliphatic heterocycles. The van der Waals surface area contributed by atoms with E-state index in [4.69, 9.17) is 0 Å². The van der Waals surface area contributed by atoms with Gasteiger partial charge in [0.15, 0.2) is 0 Å². The molecule has 0 saturated carbocycles. The number of para-hydroxylation sites is 1. The van der Waals surface area contributed by atoms with E-state index in [9.17, 15) is 4.79 Å². The number of nitrogens with one attached hydrogen (secondary N) is 1. The van der Waals surface area contributed by atoms with Crippen LogP contribution in [0.4, 0.5) is 11.6 Å². The molecule has 1 N–H and O–H groups in total. The second-order valence-corrected chi connectivity index (χ2v) is 6.36. The molecule has 1 amide bonds. The smallest absolute Gasteiger partial charge is 0.254 e. The van der Waals surface area contributed by atoms with Gasteiger partial charge in [-0.25, -0.2) is 9.97 Å². The number of benzene rings is 1. The van der Waals surface area contributed by atoms with Crippen molar-refractivity contribution in [3.8, 4) is 0 Å². The highest BCUT2D eigenvalue weighted by atomic mass is 16.1. The Morgan fingerprint density at radius 1 is 1.08 bits per heavy atom. The van der Waals surface area contributed by atoms with Crippen LogP contribution in [0.2, 0.25) is 0 Å². The number of hydrogen-bond acceptors (Lipinski definition) is 5. The predicted octanol–water partition coefficient (Wildman–Crippen LogP) is 2.33. The number of carbonyl (C=O) groups excluding carboxylic acids is 1. The fraction of sp³-hybridized carbons (Fsp3) is 0.421. The van der Waals surface area contributed by atoms with Crippen molar-refractivity contribution in [3.63, 3.8) is 0 Å². The second kappa shape index (κ2) is 7.96. The minimum absolute atomic E-state index is 0.116. The zero-order valence-corrected chi connectivity index (χ0v) is 14.9. The molecule has 132 valence electrons. The van der Waals surface area contributed by atoms with Crippen LogP contribution in [0, 0.1) is 0 Å². The molecule has 1 unspecified atom stereocenters. The van der Waals surface area contributed by atoms with Crippen molar-refractivity contribution in [1.29, 1.82) is 0 Å². The predicted molar refractivity (Wildman–Crippen MR) is 100 cm³/mol. The van der Waals surface area contributed by atoms with Gasteiger partial charge in [-0.05, 0) is 25.5 Å². The highest BCUT2D eigenvalue weighted by Crippen LogP contribution is 2.17. The minimum Gasteiger partial charge on any atom is -0.368 e. The van der Waals surface area contributed by atoms with Crippen molar-refractivity contribution >= 4 is 17.5 Å². The summed E-state index contributed by atoms with van der Waals surface area (Å²) in [5.41, 5.74) is 1.76. The Labute approximate surface area is 148 Å². The minimum atomic E-state index is -0.116. The lowest BCUT2D eigenvalue weighted by Gasteiger charge is -2.36. The quantitative estimate of drug-likeness (QED) is 0.906. The fourth-order valence-electron chi connectivity index (χ4n) is 2.81. The molecule has 6 nitrogen and oxygen atoms in total. The highest BCUT2D eigenvalue weighted by molar-refractivity contribution is 5.93. The van der Waals surface area contributed by atoms with Gasteiger partial charge in [-0.15, -0.1) is 0 Å². The molecular formula is C19H25N5O. The molecule has 1 atom stereocenters. The first kappa shape index (κ1) is 17.2. The van der Waals surface area contributed by atoms with Crippen molar-refractivity contribution < 1.29 is 4.79 Å². The van der Waals surface area contributed by atoms with Crippen LogP contribution in [0.3, 0.4) is 0 Å². The average molecular weight is 339 g/mol. The van der Waals surface area contributed by atoms with Gasteiger partial charge >= 0.3 is 0 Å². The Hall–Kier alpha value is -2.63. The van der Waals surface area contributed by atoms with E-state index in [1.54, 1.807) is 12.4 Å². The summed E-state index contributed by atoms with van der Waals surface area (Å²) >= 11 is 0. The van der Waals surface area contributed by atoms with Crippen molar-refractivity contribution in [2.45, 2.75) is 26.3 Å². The normalized spacial score (nSPS) is 15.8. The molecule has 2 aromatic rings. The fourth-order valence-corrected chi connectivity index (χ4v) is 2.81. The topological polar surface area (TPSA) is 61.4 Å². The summed E-state index contributed by atoms with van der Waals surface area (Å²) in [4.78, 5) is 25.4. The Morgan fingerprint density at radius 2 is 1.68 bits per heavy atom. The number of anilines is 2. The summed E-state index contributed by atoms with van der Waals surface area (Å²) < 4.78 is 0. The maximum atomic E-state index is 12.1. The molecule has 1 fully saturated rings. The van der Waals surface area contributed by atoms with Crippen molar-refractivity contribution in [2.24, 2.45) is 0 Å². The van der Waals surface area contributed by atoms with E-state index >= 15 is 0 Å². The van der Waals surface area contributed by atoms with E-state index in [1.807, 2.05) is 19.9 Å². The van der Waals surface area contributed by atoms with E-state index in [-0.39, 0.29) is 11.9 Å². The van der Waals surface area contributed by atoms with Crippen LogP contribution < -0.4 is 15.1 Å². The van der Waals surface area contributed by atoms with Crippen LogP contribution in [0.1, 0.15) is 30.6 Å². The van der Waals surface area contributed by atoms with E-state index in [0.717, 1.165) is 32.6 Å². The van der Waals surface area contributed by atoms with Crippen LogP contribution in [0.15, 0.2) is 42.7 Å². The molecule has 1 aliphatic rings. The van der Waals surface area contributed by atoms with Gasteiger partial charge in [-0.2, -0.15) is 0 Å². The number of piperazine rings is 1. The van der Waals surface area contributed by atoms with Gasteiger partial charge in [-0.1, -0.05) is 25.1 Å². The lowest BCUT2D eigenvalue weighted by molar-refractivity contribution is 0.0938. The molecule has 0 spiro atoms. The van der Waals surface area contributed by atoms with Crippen LogP contribution in [-0.2, 0) is 0 Å². The van der Waals surface area contributed by atoms with E-state index in [0.29, 0.717) is 11.5 Å². The molecule has 1 saturated heterocycles. The summed E-state index contributed by atoms with van der Waals surface area (Å²) in [6.45, 7) is 7.63. The Balaban J connectivity index is 1.58. The summed E-state index contributed by atoms with van der Waals surface area (Å²) in [5.74, 6) is 0.572. The number of nitrogens with zero attached hydrogens (tertiary/aromatic N) is 4. The first-order chi connectivity index (χ1) is 12.2. The summed E-state index contributed by atoms with van der Waals surface area (Å²) in [6, 6.07) is 10.6. The first-order valence-electron chi connectivity index (χ1n) is 8.85. The number of hydrogen-bond donors (Lipinski definition) is 1. The van der Waals surface area contributed by atoms with E-state index in [2.05, 4.69) is 49.4 Å². The molecule has 3 rings (SSSR count). The van der Waals surface area contributed by atoms with E-state index < -0.39 is 0 Å². The first-order valence-corrected chi connectivity index (χ1v) is 8.85. The van der Waals surface area contributed by atoms with Gasteiger partial charge in [0.25, 0.3) is 5.91 Å². The Morgan fingerprint density at radius 3 is 2.28 bits per heavy atom. The molecule has 1 aromatic heterocycles. The molecule has 25 heavy (non-hydrogen) atoms. The van der Waals surface area contributed by atoms with Crippen molar-refractivity contribution in [2.75, 3.05) is 36.0 Å². The standard InChI is InChI=1S/C19H25N5O/c1-3-15(2)22-18(25)16-13-20-19(21-14-16)24-11-9-23(10-12-24)17-7-5-4-6-8-17/h4-8,13-15H,3,9-12H2,1-2H3,(H,22,25). The van der Waals surface area contributed by atoms with Crippen LogP contribution in [0.25, 0.3) is 0 Å². The molecule has 0 bridgehead atoms. The summed E-state index contributed by atoms with van der Waals surface area (Å²) in [7, 11) is 0. The third-order valence-corrected chi connectivity index (χ3v) is 4.57. The second-order valence-electron chi connectivity index (χ2n) is 6.36. The van der Waals surface area contributed by atoms with Gasteiger partial charge in [0, 0.05) is 50.3 Å². The third-order valence-electron chi connectivity index (χ3n) is 4.57. The molecule has 0 aliphatic carbocycles. The summed E-state index contributed by atoms with van der Waals surface area (Å²) in [6.07, 6.45) is 4.13. The number of aromatic nitrogens is 2. The lowest BCUT2D eigenvalue weighted by Crippen LogP contribution is -2.47. The van der Waals surface area contributed by atoms with Gasteiger partial charge in [0.05, 0.1) is 5.56 Å². The average Bonchev–Trinajstić information content (AvgIpc) is 2.69. The van der Waals surface area contributed by atoms with Crippen LogP contribution >= 0.6 is 0 Å². The van der Waals surface area contributed by atoms with Crippen molar-refractivity contribution in [3.05, 3.63) is 48.3 Å². The van der Waals surface area contributed by atoms with E-state index in [1.165, 1.54) is 5.69 Å². The zero-order chi connectivity index (χ0) is 17.6. The Kier molecular flexibility index (Phi) is 5.48. The largest absolute Gasteiger partial charge is 0.368 e. The molecule has 1 aromatic carbocycles. The summed E-state index contributed by atoms with van der Waals surface area (Å²) in [5, 5.41) is 2.93. The number of amides is 1. The molecule has 6 heteroatoms. The van der Waals surface area contributed by atoms with Crippen LogP contribution in [-0.4, -0.2) is 48.1 Å². The van der Waals surface area contributed by atoms with Crippen molar-refractivity contribution in [1.82, 2.24) is 15.3 Å². The van der Waals surface area contributed by atoms with Gasteiger partial charge < -0.3 is 15.1 Å². The molecule has 0 radical (unpaired) electrons. The monoisotopic (exact) mass is 339 g/mol. The highest BCUT2D eigenvalue weighted by Gasteiger charge is 2.19. The zero-order valence-electron chi connectivity index (χ0n) is 14.9. The Bertz CT molecular complexity index is 681. The number of carbonyl (C=O) groups is 1. The van der Waals surface area contributed by atoms with Crippen LogP contribution in [0.5, 0.6) is 0 Å². The number of rotatable bonds is 5. The SMILES string of the molecule is CCC(C)NC(=O)c1cnc(N2CCN(c3ccccc3)CC2)nc1. The van der Waals surface area contributed by atoms with Gasteiger partial charge in [-0.3, -0.25) is 4.79 Å². The third kappa shape index (κ3) is 4.26. The molecular weight excluding hydrogens is 314 g/mol. The van der Waals surface area contributed by atoms with Gasteiger partial charge in [0.1, 0.15) is 0 Å². The maximum Gasteiger partial charge on any atom is 0.254 e. The maximum absolute atomic E-state index is 12.1.